The Morgan fingerprint density at radius 3 is 2.24 bits per heavy atom. The highest BCUT2D eigenvalue weighted by Gasteiger charge is 2.05. The Balaban J connectivity index is 0.000000194. The highest BCUT2D eigenvalue weighted by Crippen LogP contribution is 2.15. The summed E-state index contributed by atoms with van der Waals surface area (Å²) in [6.07, 6.45) is 1.67. The van der Waals surface area contributed by atoms with E-state index in [1.54, 1.807) is 41.1 Å². The van der Waals surface area contributed by atoms with Crippen molar-refractivity contribution >= 4 is 39.9 Å². The molecule has 0 saturated heterocycles. The molecule has 0 radical (unpaired) electrons. The summed E-state index contributed by atoms with van der Waals surface area (Å²) in [5.74, 6) is -1.49. The first-order valence-corrected chi connectivity index (χ1v) is 10.4. The zero-order valence-corrected chi connectivity index (χ0v) is 18.7. The molecule has 0 saturated carbocycles. The van der Waals surface area contributed by atoms with Crippen molar-refractivity contribution in [2.75, 3.05) is 10.6 Å². The van der Waals surface area contributed by atoms with Crippen LogP contribution in [0.1, 0.15) is 12.5 Å². The Kier molecular flexibility index (Phi) is 7.74. The maximum atomic E-state index is 12.9. The third-order valence-electron chi connectivity index (χ3n) is 4.59. The normalized spacial score (nSPS) is 10.3. The zero-order valence-electron chi connectivity index (χ0n) is 17.9. The van der Waals surface area contributed by atoms with Gasteiger partial charge in [0.05, 0.1) is 5.52 Å². The number of urea groups is 1. The van der Waals surface area contributed by atoms with Crippen LogP contribution in [0, 0.1) is 18.6 Å². The van der Waals surface area contributed by atoms with Gasteiger partial charge in [0, 0.05) is 41.6 Å². The zero-order chi connectivity index (χ0) is 24.0. The highest BCUT2D eigenvalue weighted by atomic mass is 35.5. The molecule has 0 aliphatic carbocycles. The number of fused-ring (bicyclic) bond motifs is 1. The van der Waals surface area contributed by atoms with Crippen molar-refractivity contribution in [2.45, 2.75) is 20.4 Å². The molecule has 9 heteroatoms. The molecule has 0 aliphatic rings. The van der Waals surface area contributed by atoms with Gasteiger partial charge in [-0.1, -0.05) is 29.3 Å². The van der Waals surface area contributed by atoms with Crippen molar-refractivity contribution in [3.63, 3.8) is 0 Å². The largest absolute Gasteiger partial charge is 0.323 e. The van der Waals surface area contributed by atoms with Gasteiger partial charge >= 0.3 is 6.03 Å². The van der Waals surface area contributed by atoms with Gasteiger partial charge in [-0.2, -0.15) is 0 Å². The lowest BCUT2D eigenvalue weighted by Crippen LogP contribution is -2.19. The molecule has 6 nitrogen and oxygen atoms in total. The Hall–Kier alpha value is -3.78. The number of hydrogen-bond donors (Lipinski definition) is 2. The van der Waals surface area contributed by atoms with Crippen LogP contribution < -0.4 is 16.2 Å². The molecule has 170 valence electrons. The van der Waals surface area contributed by atoms with E-state index in [2.05, 4.69) is 15.6 Å². The number of nitrogens with zero attached hydrogens (tertiary/aromatic N) is 2. The summed E-state index contributed by atoms with van der Waals surface area (Å²) < 4.78 is 27.5. The third kappa shape index (κ3) is 6.60. The second-order valence-electron chi connectivity index (χ2n) is 7.08. The van der Waals surface area contributed by atoms with E-state index in [1.807, 2.05) is 26.0 Å². The van der Waals surface area contributed by atoms with Crippen LogP contribution in [0.3, 0.4) is 0 Å². The average molecular weight is 471 g/mol. The summed E-state index contributed by atoms with van der Waals surface area (Å²) in [5, 5.41) is 6.25. The van der Waals surface area contributed by atoms with Gasteiger partial charge in [0.25, 0.3) is 5.56 Å². The number of halogens is 3. The lowest BCUT2D eigenvalue weighted by Gasteiger charge is -2.08. The lowest BCUT2D eigenvalue weighted by atomic mass is 10.2. The lowest BCUT2D eigenvalue weighted by molar-refractivity contribution is 0.262. The van der Waals surface area contributed by atoms with E-state index in [1.165, 1.54) is 0 Å². The van der Waals surface area contributed by atoms with Gasteiger partial charge in [-0.15, -0.1) is 0 Å². The minimum absolute atomic E-state index is 0.0118. The van der Waals surface area contributed by atoms with E-state index >= 15 is 0 Å². The number of anilines is 2. The van der Waals surface area contributed by atoms with Gasteiger partial charge in [-0.3, -0.25) is 4.79 Å². The van der Waals surface area contributed by atoms with E-state index in [0.29, 0.717) is 17.4 Å². The van der Waals surface area contributed by atoms with Crippen LogP contribution in [-0.4, -0.2) is 15.6 Å². The topological polar surface area (TPSA) is 76.0 Å². The van der Waals surface area contributed by atoms with Crippen LogP contribution in [0.4, 0.5) is 25.0 Å². The Morgan fingerprint density at radius 1 is 0.970 bits per heavy atom. The molecule has 2 heterocycles. The van der Waals surface area contributed by atoms with Crippen LogP contribution in [0.25, 0.3) is 10.9 Å². The molecule has 0 aliphatic heterocycles. The molecule has 0 fully saturated rings. The summed E-state index contributed by atoms with van der Waals surface area (Å²) in [5.41, 5.74) is 2.54. The van der Waals surface area contributed by atoms with Gasteiger partial charge in [-0.05, 0) is 50.2 Å². The number of pyridine rings is 2. The van der Waals surface area contributed by atoms with E-state index < -0.39 is 17.7 Å². The molecule has 0 unspecified atom stereocenters. The van der Waals surface area contributed by atoms with Gasteiger partial charge in [0.2, 0.25) is 0 Å². The second-order valence-corrected chi connectivity index (χ2v) is 7.47. The van der Waals surface area contributed by atoms with Gasteiger partial charge in [0.1, 0.15) is 16.8 Å². The number of aromatic nitrogens is 2. The summed E-state index contributed by atoms with van der Waals surface area (Å²) in [4.78, 5) is 27.1. The molecular formula is C24H21ClF2N4O2. The number of benzene rings is 2. The first-order valence-electron chi connectivity index (χ1n) is 10.0. The minimum atomic E-state index is -0.745. The van der Waals surface area contributed by atoms with Gasteiger partial charge < -0.3 is 15.2 Å². The quantitative estimate of drug-likeness (QED) is 0.361. The number of aryl methyl sites for hydroxylation is 2. The van der Waals surface area contributed by atoms with Crippen molar-refractivity contribution in [3.05, 3.63) is 99.6 Å². The molecule has 4 rings (SSSR count). The summed E-state index contributed by atoms with van der Waals surface area (Å²) in [6, 6.07) is 14.4. The fourth-order valence-corrected chi connectivity index (χ4v) is 3.20. The molecule has 2 aromatic carbocycles. The smallest absolute Gasteiger partial charge is 0.308 e. The van der Waals surface area contributed by atoms with Crippen LogP contribution in [0.15, 0.2) is 71.7 Å². The molecule has 0 spiro atoms. The number of nitrogens with one attached hydrogen (secondary N) is 2. The maximum absolute atomic E-state index is 12.9. The average Bonchev–Trinajstić information content (AvgIpc) is 2.75. The van der Waals surface area contributed by atoms with Crippen molar-refractivity contribution in [1.82, 2.24) is 9.55 Å². The summed E-state index contributed by atoms with van der Waals surface area (Å²) in [6.45, 7) is 4.49. The predicted octanol–water partition coefficient (Wildman–Crippen LogP) is 5.99. The van der Waals surface area contributed by atoms with E-state index in [4.69, 9.17) is 11.6 Å². The minimum Gasteiger partial charge on any atom is -0.308 e. The van der Waals surface area contributed by atoms with Crippen molar-refractivity contribution < 1.29 is 13.6 Å². The monoisotopic (exact) mass is 470 g/mol. The first kappa shape index (κ1) is 23.9. The predicted molar refractivity (Wildman–Crippen MR) is 127 cm³/mol. The molecular weight excluding hydrogens is 450 g/mol. The van der Waals surface area contributed by atoms with E-state index in [9.17, 15) is 18.4 Å². The Bertz CT molecular complexity index is 1320. The number of amides is 2. The standard InChI is InChI=1S/C14H12F2N2O.C10H9ClN2O/c1-9-2-4-12(5-3-9)17-14(19)18-13-7-10(15)6-11(16)8-13;1-2-13-8-5-9(11)12-6-7(8)3-4-10(13)14/h2-8H,1H3,(H2,17,18,19);3-6H,2H2,1H3. The Morgan fingerprint density at radius 2 is 1.61 bits per heavy atom. The number of carbonyl (C=O) groups is 1. The Labute approximate surface area is 193 Å². The van der Waals surface area contributed by atoms with Crippen LogP contribution >= 0.6 is 11.6 Å². The molecule has 4 aromatic rings. The maximum Gasteiger partial charge on any atom is 0.323 e. The molecule has 0 atom stereocenters. The molecule has 2 N–H and O–H groups in total. The first-order chi connectivity index (χ1) is 15.7. The molecule has 2 aromatic heterocycles. The van der Waals surface area contributed by atoms with Gasteiger partial charge in [0.15, 0.2) is 0 Å². The molecule has 2 amide bonds. The van der Waals surface area contributed by atoms with Crippen LogP contribution in [-0.2, 0) is 6.54 Å². The van der Waals surface area contributed by atoms with Gasteiger partial charge in [-0.25, -0.2) is 18.6 Å². The summed E-state index contributed by atoms with van der Waals surface area (Å²) >= 11 is 5.77. The van der Waals surface area contributed by atoms with Crippen molar-refractivity contribution in [1.29, 1.82) is 0 Å². The van der Waals surface area contributed by atoms with E-state index in [-0.39, 0.29) is 11.2 Å². The number of carbonyl (C=O) groups excluding carboxylic acids is 1. The SMILES string of the molecule is CCn1c(=O)ccc2cnc(Cl)cc21.Cc1ccc(NC(=O)Nc2cc(F)cc(F)c2)cc1. The highest BCUT2D eigenvalue weighted by molar-refractivity contribution is 6.30. The fraction of sp³-hybridized carbons (Fsp3) is 0.125. The number of rotatable bonds is 3. The molecule has 0 bridgehead atoms. The van der Waals surface area contributed by atoms with Crippen LogP contribution in [0.2, 0.25) is 5.15 Å². The molecule has 33 heavy (non-hydrogen) atoms. The fourth-order valence-electron chi connectivity index (χ4n) is 3.05. The van der Waals surface area contributed by atoms with Crippen LogP contribution in [0.5, 0.6) is 0 Å². The van der Waals surface area contributed by atoms with Crippen molar-refractivity contribution in [3.8, 4) is 0 Å². The number of hydrogen-bond acceptors (Lipinski definition) is 3. The second kappa shape index (κ2) is 10.7. The van der Waals surface area contributed by atoms with Crippen molar-refractivity contribution in [2.24, 2.45) is 0 Å². The third-order valence-corrected chi connectivity index (χ3v) is 4.79. The van der Waals surface area contributed by atoms with E-state index in [0.717, 1.165) is 34.7 Å². The summed E-state index contributed by atoms with van der Waals surface area (Å²) in [7, 11) is 0.